The van der Waals surface area contributed by atoms with E-state index >= 15 is 0 Å². The maximum atomic E-state index is 14.9. The molecule has 0 aromatic heterocycles. The summed E-state index contributed by atoms with van der Waals surface area (Å²) in [7, 11) is 0.491. The van der Waals surface area contributed by atoms with E-state index in [1.54, 1.807) is 0 Å². The number of sulfonamides is 1. The summed E-state index contributed by atoms with van der Waals surface area (Å²) in [5.74, 6) is -0.0530. The Morgan fingerprint density at radius 2 is 1.94 bits per heavy atom. The zero-order valence-corrected chi connectivity index (χ0v) is 20.4. The fourth-order valence-corrected chi connectivity index (χ4v) is 6.06. The average Bonchev–Trinajstić information content (AvgIpc) is 2.77. The Kier molecular flexibility index (Phi) is 7.38. The lowest BCUT2D eigenvalue weighted by atomic mass is 9.76. The van der Waals surface area contributed by atoms with Crippen LogP contribution in [-0.4, -0.2) is 52.4 Å². The van der Waals surface area contributed by atoms with Crippen LogP contribution in [-0.2, 0) is 14.8 Å². The fraction of sp³-hybridized carbons (Fsp3) is 0.520. The van der Waals surface area contributed by atoms with Crippen LogP contribution in [0, 0.1) is 18.7 Å². The van der Waals surface area contributed by atoms with Gasteiger partial charge in [0.1, 0.15) is 5.82 Å². The van der Waals surface area contributed by atoms with Crippen molar-refractivity contribution in [2.75, 3.05) is 38.3 Å². The van der Waals surface area contributed by atoms with Crippen LogP contribution in [0.5, 0.6) is 0 Å². The number of aryl methyl sites for hydroxylation is 1. The topological polar surface area (TPSA) is 70.7 Å². The molecular weight excluding hydrogens is 441 g/mol. The molecular formula is C25H34FN3O3S. The standard InChI is InChI=1S/C25H34FN3O3S/c1-17-14-21-24(22(26)15-17)28-23(18-8-5-4-6-9-18)20-11-10-19(32-25(20)21)16-27-33(30,31)13-7-12-29(2)3/h4-6,8-9,14-15,19-20,23,25,27-28H,7,10-13,16H2,1-3H3/t19-,20+,23+,25+/m1/s1. The van der Waals surface area contributed by atoms with E-state index in [2.05, 4.69) is 22.2 Å². The van der Waals surface area contributed by atoms with Gasteiger partial charge in [0, 0.05) is 18.0 Å². The molecule has 1 saturated heterocycles. The first-order valence-corrected chi connectivity index (χ1v) is 13.3. The van der Waals surface area contributed by atoms with Gasteiger partial charge < -0.3 is 15.0 Å². The van der Waals surface area contributed by atoms with Gasteiger partial charge in [0.25, 0.3) is 0 Å². The van der Waals surface area contributed by atoms with Crippen LogP contribution in [0.4, 0.5) is 10.1 Å². The van der Waals surface area contributed by atoms with E-state index in [1.807, 2.05) is 50.2 Å². The van der Waals surface area contributed by atoms with Crippen LogP contribution in [0.1, 0.15) is 48.1 Å². The lowest BCUT2D eigenvalue weighted by molar-refractivity contribution is -0.0901. The molecule has 2 aliphatic rings. The molecule has 0 bridgehead atoms. The monoisotopic (exact) mass is 475 g/mol. The van der Waals surface area contributed by atoms with E-state index in [4.69, 9.17) is 4.74 Å². The molecule has 0 spiro atoms. The SMILES string of the molecule is Cc1cc(F)c2c(c1)[C@H]1O[C@@H](CNS(=O)(=O)CCCN(C)C)CC[C@H]1[C@H](c1ccccc1)N2. The zero-order chi connectivity index (χ0) is 23.6. The molecule has 0 radical (unpaired) electrons. The van der Waals surface area contributed by atoms with Gasteiger partial charge in [-0.05, 0) is 64.0 Å². The number of benzene rings is 2. The minimum Gasteiger partial charge on any atom is -0.375 e. The van der Waals surface area contributed by atoms with Crippen molar-refractivity contribution >= 4 is 15.7 Å². The van der Waals surface area contributed by atoms with Crippen LogP contribution in [0.15, 0.2) is 42.5 Å². The van der Waals surface area contributed by atoms with Crippen molar-refractivity contribution in [2.24, 2.45) is 5.92 Å². The third-order valence-corrected chi connectivity index (χ3v) is 7.99. The second-order valence-corrected chi connectivity index (χ2v) is 11.4. The number of anilines is 1. The summed E-state index contributed by atoms with van der Waals surface area (Å²) >= 11 is 0. The van der Waals surface area contributed by atoms with E-state index in [-0.39, 0.29) is 42.3 Å². The quantitative estimate of drug-likeness (QED) is 0.604. The summed E-state index contributed by atoms with van der Waals surface area (Å²) in [4.78, 5) is 1.97. The lowest BCUT2D eigenvalue weighted by Gasteiger charge is -2.46. The molecule has 8 heteroatoms. The Balaban J connectivity index is 1.51. The maximum Gasteiger partial charge on any atom is 0.211 e. The first kappa shape index (κ1) is 24.1. The second-order valence-electron chi connectivity index (χ2n) is 9.49. The minimum atomic E-state index is -3.36. The molecule has 4 rings (SSSR count). The predicted octanol–water partition coefficient (Wildman–Crippen LogP) is 4.01. The molecule has 0 aliphatic carbocycles. The molecule has 2 aliphatic heterocycles. The van der Waals surface area contributed by atoms with Crippen molar-refractivity contribution in [1.29, 1.82) is 0 Å². The van der Waals surface area contributed by atoms with Crippen molar-refractivity contribution < 1.29 is 17.5 Å². The molecule has 6 nitrogen and oxygen atoms in total. The Morgan fingerprint density at radius 1 is 1.18 bits per heavy atom. The normalized spacial score (nSPS) is 24.8. The van der Waals surface area contributed by atoms with Gasteiger partial charge in [0.2, 0.25) is 10.0 Å². The summed E-state index contributed by atoms with van der Waals surface area (Å²) in [6.45, 7) is 2.84. The van der Waals surface area contributed by atoms with Crippen molar-refractivity contribution in [2.45, 2.75) is 44.4 Å². The lowest BCUT2D eigenvalue weighted by Crippen LogP contribution is -2.43. The van der Waals surface area contributed by atoms with Gasteiger partial charge >= 0.3 is 0 Å². The molecule has 2 N–H and O–H groups in total. The van der Waals surface area contributed by atoms with Crippen molar-refractivity contribution in [1.82, 2.24) is 9.62 Å². The number of rotatable bonds is 8. The maximum absolute atomic E-state index is 14.9. The van der Waals surface area contributed by atoms with E-state index < -0.39 is 10.0 Å². The van der Waals surface area contributed by atoms with Gasteiger partial charge in [0.15, 0.2) is 0 Å². The summed E-state index contributed by atoms with van der Waals surface area (Å²) in [5.41, 5.74) is 3.25. The van der Waals surface area contributed by atoms with Crippen molar-refractivity contribution in [3.63, 3.8) is 0 Å². The Labute approximate surface area is 196 Å². The number of halogens is 1. The second kappa shape index (κ2) is 10.1. The number of hydrogen-bond acceptors (Lipinski definition) is 5. The molecule has 0 saturated carbocycles. The van der Waals surface area contributed by atoms with Crippen LogP contribution in [0.2, 0.25) is 0 Å². The van der Waals surface area contributed by atoms with E-state index in [0.717, 1.165) is 36.1 Å². The highest BCUT2D eigenvalue weighted by atomic mass is 32.2. The molecule has 2 aromatic carbocycles. The first-order valence-electron chi connectivity index (χ1n) is 11.6. The molecule has 1 fully saturated rings. The molecule has 2 heterocycles. The average molecular weight is 476 g/mol. The predicted molar refractivity (Wildman–Crippen MR) is 129 cm³/mol. The summed E-state index contributed by atoms with van der Waals surface area (Å²) in [5, 5.41) is 3.44. The smallest absolute Gasteiger partial charge is 0.211 e. The van der Waals surface area contributed by atoms with Gasteiger partial charge in [0.05, 0.1) is 29.7 Å². The van der Waals surface area contributed by atoms with Crippen molar-refractivity contribution in [3.8, 4) is 0 Å². The third kappa shape index (κ3) is 5.74. The van der Waals surface area contributed by atoms with Crippen molar-refractivity contribution in [3.05, 3.63) is 65.0 Å². The zero-order valence-electron chi connectivity index (χ0n) is 19.6. The van der Waals surface area contributed by atoms with Gasteiger partial charge in [-0.15, -0.1) is 0 Å². The highest BCUT2D eigenvalue weighted by molar-refractivity contribution is 7.89. The van der Waals surface area contributed by atoms with Crippen LogP contribution in [0.3, 0.4) is 0 Å². The highest BCUT2D eigenvalue weighted by Gasteiger charge is 2.43. The molecule has 2 aromatic rings. The minimum absolute atomic E-state index is 0.0652. The van der Waals surface area contributed by atoms with Gasteiger partial charge in [-0.1, -0.05) is 36.4 Å². The van der Waals surface area contributed by atoms with E-state index in [9.17, 15) is 12.8 Å². The number of hydrogen-bond donors (Lipinski definition) is 2. The Bertz CT molecular complexity index is 1060. The van der Waals surface area contributed by atoms with Crippen LogP contribution >= 0.6 is 0 Å². The highest BCUT2D eigenvalue weighted by Crippen LogP contribution is 2.51. The van der Waals surface area contributed by atoms with Gasteiger partial charge in [-0.2, -0.15) is 0 Å². The van der Waals surface area contributed by atoms with Crippen LogP contribution in [0.25, 0.3) is 0 Å². The fourth-order valence-electron chi connectivity index (χ4n) is 4.96. The number of ether oxygens (including phenoxy) is 1. The molecule has 0 amide bonds. The summed E-state index contributed by atoms with van der Waals surface area (Å²) in [6, 6.07) is 13.5. The molecule has 180 valence electrons. The van der Waals surface area contributed by atoms with E-state index in [0.29, 0.717) is 12.1 Å². The van der Waals surface area contributed by atoms with Crippen LogP contribution < -0.4 is 10.0 Å². The van der Waals surface area contributed by atoms with E-state index in [1.165, 1.54) is 6.07 Å². The first-order chi connectivity index (χ1) is 15.7. The largest absolute Gasteiger partial charge is 0.375 e. The number of nitrogens with one attached hydrogen (secondary N) is 2. The van der Waals surface area contributed by atoms with Gasteiger partial charge in [-0.25, -0.2) is 17.5 Å². The third-order valence-electron chi connectivity index (χ3n) is 6.56. The molecule has 4 atom stereocenters. The Morgan fingerprint density at radius 3 is 2.67 bits per heavy atom. The summed E-state index contributed by atoms with van der Waals surface area (Å²) < 4.78 is 49.0. The van der Waals surface area contributed by atoms with Gasteiger partial charge in [-0.3, -0.25) is 0 Å². The summed E-state index contributed by atoms with van der Waals surface area (Å²) in [6.07, 6.45) is 1.64. The Hall–Kier alpha value is -2.00. The molecule has 33 heavy (non-hydrogen) atoms. The number of fused-ring (bicyclic) bond motifs is 3. The molecule has 0 unspecified atom stereocenters. The number of nitrogens with zero attached hydrogens (tertiary/aromatic N) is 1.